The largest absolute Gasteiger partial charge is 0.491 e. The zero-order valence-electron chi connectivity index (χ0n) is 18.1. The van der Waals surface area contributed by atoms with Gasteiger partial charge in [-0.25, -0.2) is 0 Å². The molecule has 0 unspecified atom stereocenters. The van der Waals surface area contributed by atoms with Crippen LogP contribution in [-0.2, 0) is 14.2 Å². The van der Waals surface area contributed by atoms with Crippen molar-refractivity contribution in [3.05, 3.63) is 24.3 Å². The molecule has 0 spiro atoms. The number of hydrogen-bond donors (Lipinski definition) is 2. The van der Waals surface area contributed by atoms with Crippen LogP contribution in [0, 0.1) is 5.92 Å². The van der Waals surface area contributed by atoms with Crippen molar-refractivity contribution in [2.75, 3.05) is 58.6 Å². The average molecular weight is 408 g/mol. The summed E-state index contributed by atoms with van der Waals surface area (Å²) in [5.74, 6) is 2.40. The van der Waals surface area contributed by atoms with Gasteiger partial charge < -0.3 is 29.6 Å². The highest BCUT2D eigenvalue weighted by Crippen LogP contribution is 2.28. The van der Waals surface area contributed by atoms with Crippen molar-refractivity contribution in [2.24, 2.45) is 10.9 Å². The molecule has 1 aromatic rings. The van der Waals surface area contributed by atoms with Gasteiger partial charge in [0.1, 0.15) is 5.75 Å². The molecular formula is C22H37N3O4. The summed E-state index contributed by atoms with van der Waals surface area (Å²) in [6.07, 6.45) is 3.71. The van der Waals surface area contributed by atoms with Gasteiger partial charge in [0.05, 0.1) is 25.9 Å². The van der Waals surface area contributed by atoms with Crippen LogP contribution in [0.1, 0.15) is 33.1 Å². The molecule has 1 aliphatic rings. The monoisotopic (exact) mass is 407 g/mol. The van der Waals surface area contributed by atoms with Crippen LogP contribution in [0.2, 0.25) is 0 Å². The summed E-state index contributed by atoms with van der Waals surface area (Å²) < 4.78 is 21.9. The van der Waals surface area contributed by atoms with E-state index in [1.54, 1.807) is 7.11 Å². The minimum atomic E-state index is 0.160. The topological polar surface area (TPSA) is 73.3 Å². The van der Waals surface area contributed by atoms with Gasteiger partial charge in [0.15, 0.2) is 5.96 Å². The maximum Gasteiger partial charge on any atom is 0.195 e. The van der Waals surface area contributed by atoms with Gasteiger partial charge in [-0.15, -0.1) is 0 Å². The second-order valence-corrected chi connectivity index (χ2v) is 7.45. The third kappa shape index (κ3) is 11.7. The van der Waals surface area contributed by atoms with E-state index in [4.69, 9.17) is 18.9 Å². The second kappa shape index (κ2) is 14.2. The number of rotatable bonds is 15. The lowest BCUT2D eigenvalue weighted by Gasteiger charge is -2.14. The van der Waals surface area contributed by atoms with Gasteiger partial charge in [0.25, 0.3) is 0 Å². The molecule has 29 heavy (non-hydrogen) atoms. The Labute approximate surface area is 175 Å². The molecule has 2 rings (SSSR count). The molecule has 0 bridgehead atoms. The van der Waals surface area contributed by atoms with Crippen LogP contribution < -0.4 is 15.4 Å². The quantitative estimate of drug-likeness (QED) is 0.264. The van der Waals surface area contributed by atoms with Crippen molar-refractivity contribution in [1.82, 2.24) is 5.32 Å². The van der Waals surface area contributed by atoms with Crippen LogP contribution in [-0.4, -0.2) is 65.3 Å². The third-order valence-electron chi connectivity index (χ3n) is 4.23. The fraction of sp³-hybridized carbons (Fsp3) is 0.682. The molecular weight excluding hydrogens is 370 g/mol. The fourth-order valence-corrected chi connectivity index (χ4v) is 2.54. The normalized spacial score (nSPS) is 14.3. The Morgan fingerprint density at radius 2 is 1.86 bits per heavy atom. The minimum Gasteiger partial charge on any atom is -0.491 e. The lowest BCUT2D eigenvalue weighted by atomic mass is 10.3. The van der Waals surface area contributed by atoms with Gasteiger partial charge in [-0.2, -0.15) is 0 Å². The molecule has 164 valence electrons. The van der Waals surface area contributed by atoms with E-state index < -0.39 is 0 Å². The van der Waals surface area contributed by atoms with E-state index in [9.17, 15) is 0 Å². The summed E-state index contributed by atoms with van der Waals surface area (Å²) in [6, 6.07) is 7.89. The molecule has 0 atom stereocenters. The van der Waals surface area contributed by atoms with Crippen molar-refractivity contribution < 1.29 is 18.9 Å². The van der Waals surface area contributed by atoms with E-state index in [1.165, 1.54) is 12.8 Å². The lowest BCUT2D eigenvalue weighted by Crippen LogP contribution is -2.34. The van der Waals surface area contributed by atoms with Crippen molar-refractivity contribution in [1.29, 1.82) is 0 Å². The van der Waals surface area contributed by atoms with E-state index in [1.807, 2.05) is 38.1 Å². The molecule has 0 aliphatic heterocycles. The van der Waals surface area contributed by atoms with Crippen LogP contribution in [0.5, 0.6) is 5.75 Å². The van der Waals surface area contributed by atoms with Gasteiger partial charge in [0.2, 0.25) is 0 Å². The minimum absolute atomic E-state index is 0.160. The van der Waals surface area contributed by atoms with E-state index in [-0.39, 0.29) is 6.10 Å². The maximum atomic E-state index is 5.70. The van der Waals surface area contributed by atoms with Crippen LogP contribution in [0.3, 0.4) is 0 Å². The van der Waals surface area contributed by atoms with Crippen molar-refractivity contribution in [2.45, 2.75) is 39.2 Å². The number of guanidine groups is 1. The highest BCUT2D eigenvalue weighted by molar-refractivity contribution is 5.93. The summed E-state index contributed by atoms with van der Waals surface area (Å²) >= 11 is 0. The predicted molar refractivity (Wildman–Crippen MR) is 117 cm³/mol. The first kappa shape index (κ1) is 23.4. The summed E-state index contributed by atoms with van der Waals surface area (Å²) in [5.41, 5.74) is 0.956. The van der Waals surface area contributed by atoms with Crippen molar-refractivity contribution in [3.8, 4) is 5.75 Å². The van der Waals surface area contributed by atoms with Crippen LogP contribution in [0.15, 0.2) is 29.3 Å². The highest BCUT2D eigenvalue weighted by atomic mass is 16.5. The zero-order valence-corrected chi connectivity index (χ0v) is 18.1. The number of nitrogens with one attached hydrogen (secondary N) is 2. The maximum absolute atomic E-state index is 5.70. The van der Waals surface area contributed by atoms with E-state index in [0.717, 1.165) is 42.9 Å². The van der Waals surface area contributed by atoms with E-state index in [0.29, 0.717) is 32.9 Å². The number of anilines is 1. The number of methoxy groups -OCH3 is 1. The number of nitrogens with zero attached hydrogens (tertiary/aromatic N) is 1. The van der Waals surface area contributed by atoms with E-state index >= 15 is 0 Å². The molecule has 7 heteroatoms. The molecule has 2 N–H and O–H groups in total. The van der Waals surface area contributed by atoms with Crippen molar-refractivity contribution >= 4 is 11.6 Å². The summed E-state index contributed by atoms with van der Waals surface area (Å²) in [7, 11) is 1.67. The molecule has 1 fully saturated rings. The Hall–Kier alpha value is -1.83. The third-order valence-corrected chi connectivity index (χ3v) is 4.23. The molecule has 1 aliphatic carbocycles. The van der Waals surface area contributed by atoms with Gasteiger partial charge in [-0.1, -0.05) is 0 Å². The second-order valence-electron chi connectivity index (χ2n) is 7.45. The number of aliphatic imine (C=N–C) groups is 1. The fourth-order valence-electron chi connectivity index (χ4n) is 2.54. The molecule has 0 saturated heterocycles. The Morgan fingerprint density at radius 1 is 1.07 bits per heavy atom. The number of benzene rings is 1. The Balaban J connectivity index is 1.77. The summed E-state index contributed by atoms with van der Waals surface area (Å²) in [5, 5.41) is 6.66. The van der Waals surface area contributed by atoms with Gasteiger partial charge >= 0.3 is 0 Å². The van der Waals surface area contributed by atoms with Crippen molar-refractivity contribution in [3.63, 3.8) is 0 Å². The molecule has 1 saturated carbocycles. The molecule has 1 aromatic carbocycles. The SMILES string of the molecule is COCCOCCNC(=NCCCOCC1CC1)Nc1ccc(OC(C)C)cc1. The molecule has 0 amide bonds. The van der Waals surface area contributed by atoms with Crippen LogP contribution in [0.25, 0.3) is 0 Å². The van der Waals surface area contributed by atoms with Crippen LogP contribution >= 0.6 is 0 Å². The standard InChI is InChI=1S/C22H37N3O4/c1-18(2)29-21-9-7-20(8-10-21)25-22(24-12-14-27-16-15-26-3)23-11-4-13-28-17-19-5-6-19/h7-10,18-19H,4-6,11-17H2,1-3H3,(H2,23,24,25). The first-order valence-corrected chi connectivity index (χ1v) is 10.6. The lowest BCUT2D eigenvalue weighted by molar-refractivity contribution is 0.0734. The van der Waals surface area contributed by atoms with Gasteiger partial charge in [-0.05, 0) is 63.3 Å². The first-order valence-electron chi connectivity index (χ1n) is 10.6. The summed E-state index contributed by atoms with van der Waals surface area (Å²) in [4.78, 5) is 4.66. The molecule has 7 nitrogen and oxygen atoms in total. The van der Waals surface area contributed by atoms with Crippen LogP contribution in [0.4, 0.5) is 5.69 Å². The molecule has 0 heterocycles. The molecule has 0 radical (unpaired) electrons. The number of ether oxygens (including phenoxy) is 4. The average Bonchev–Trinajstić information content (AvgIpc) is 3.52. The smallest absolute Gasteiger partial charge is 0.195 e. The van der Waals surface area contributed by atoms with Gasteiger partial charge in [-0.3, -0.25) is 4.99 Å². The summed E-state index contributed by atoms with van der Waals surface area (Å²) in [6.45, 7) is 8.86. The Morgan fingerprint density at radius 3 is 2.55 bits per heavy atom. The first-order chi connectivity index (χ1) is 14.2. The molecule has 0 aromatic heterocycles. The zero-order chi connectivity index (χ0) is 20.7. The Kier molecular flexibility index (Phi) is 11.5. The van der Waals surface area contributed by atoms with Gasteiger partial charge in [0, 0.05) is 39.1 Å². The number of hydrogen-bond acceptors (Lipinski definition) is 5. The van der Waals surface area contributed by atoms with E-state index in [2.05, 4.69) is 15.6 Å². The Bertz CT molecular complexity index is 574. The highest BCUT2D eigenvalue weighted by Gasteiger charge is 2.20. The predicted octanol–water partition coefficient (Wildman–Crippen LogP) is 3.31.